The number of anilines is 1. The van der Waals surface area contributed by atoms with Crippen LogP contribution in [-0.2, 0) is 4.79 Å². The van der Waals surface area contributed by atoms with Crippen LogP contribution in [0, 0.1) is 20.8 Å². The average Bonchev–Trinajstić information content (AvgIpc) is 2.86. The molecule has 0 aliphatic rings. The van der Waals surface area contributed by atoms with Crippen LogP contribution in [0.4, 0.5) is 5.69 Å². The van der Waals surface area contributed by atoms with E-state index in [9.17, 15) is 4.79 Å². The molecule has 2 N–H and O–H groups in total. The number of nitrogens with one attached hydrogen (secondary N) is 2. The van der Waals surface area contributed by atoms with E-state index in [1.165, 1.54) is 6.08 Å². The van der Waals surface area contributed by atoms with Crippen molar-refractivity contribution in [2.24, 2.45) is 0 Å². The fourth-order valence-corrected chi connectivity index (χ4v) is 2.09. The lowest BCUT2D eigenvalue weighted by atomic mass is 10.1. The Balaban J connectivity index is 1.92. The van der Waals surface area contributed by atoms with Crippen LogP contribution >= 0.6 is 12.2 Å². The normalized spacial score (nSPS) is 10.7. The maximum Gasteiger partial charge on any atom is 0.250 e. The molecule has 0 aliphatic carbocycles. The average molecular weight is 314 g/mol. The molecule has 4 nitrogen and oxygen atoms in total. The highest BCUT2D eigenvalue weighted by atomic mass is 32.1. The lowest BCUT2D eigenvalue weighted by Gasteiger charge is -2.11. The summed E-state index contributed by atoms with van der Waals surface area (Å²) in [4.78, 5) is 11.8. The van der Waals surface area contributed by atoms with Crippen LogP contribution in [0.5, 0.6) is 0 Å². The summed E-state index contributed by atoms with van der Waals surface area (Å²) in [5.74, 6) is 1.12. The molecule has 0 atom stereocenters. The van der Waals surface area contributed by atoms with Crippen LogP contribution in [0.2, 0.25) is 0 Å². The number of carbonyl (C=O) groups is 1. The second-order valence-electron chi connectivity index (χ2n) is 5.04. The van der Waals surface area contributed by atoms with E-state index in [1.807, 2.05) is 45.0 Å². The van der Waals surface area contributed by atoms with Gasteiger partial charge in [0.1, 0.15) is 11.5 Å². The van der Waals surface area contributed by atoms with Gasteiger partial charge in [0, 0.05) is 11.8 Å². The molecule has 114 valence electrons. The van der Waals surface area contributed by atoms with E-state index < -0.39 is 0 Å². The van der Waals surface area contributed by atoms with E-state index in [0.717, 1.165) is 22.6 Å². The van der Waals surface area contributed by atoms with Crippen molar-refractivity contribution in [3.8, 4) is 0 Å². The largest absolute Gasteiger partial charge is 0.462 e. The summed E-state index contributed by atoms with van der Waals surface area (Å²) in [6.07, 6.45) is 2.98. The van der Waals surface area contributed by atoms with Gasteiger partial charge in [-0.05, 0) is 68.4 Å². The SMILES string of the molecule is Cc1ccc(C)c(NC(=S)NC(=O)/C=C/c2ccc(C)o2)c1. The van der Waals surface area contributed by atoms with Crippen LogP contribution < -0.4 is 10.6 Å². The van der Waals surface area contributed by atoms with Gasteiger partial charge in [0.15, 0.2) is 5.11 Å². The van der Waals surface area contributed by atoms with Crippen LogP contribution in [0.15, 0.2) is 40.8 Å². The minimum absolute atomic E-state index is 0.263. The summed E-state index contributed by atoms with van der Waals surface area (Å²) in [5.41, 5.74) is 3.06. The van der Waals surface area contributed by atoms with Crippen LogP contribution in [0.25, 0.3) is 6.08 Å². The number of benzene rings is 1. The monoisotopic (exact) mass is 314 g/mol. The van der Waals surface area contributed by atoms with Gasteiger partial charge >= 0.3 is 0 Å². The van der Waals surface area contributed by atoms with Gasteiger partial charge in [0.05, 0.1) is 0 Å². The molecule has 1 aromatic carbocycles. The molecule has 0 saturated heterocycles. The zero-order valence-corrected chi connectivity index (χ0v) is 13.6. The van der Waals surface area contributed by atoms with E-state index in [-0.39, 0.29) is 11.0 Å². The molecule has 2 rings (SSSR count). The molecule has 0 unspecified atom stereocenters. The fourth-order valence-electron chi connectivity index (χ4n) is 1.88. The van der Waals surface area contributed by atoms with Crippen LogP contribution in [0.1, 0.15) is 22.6 Å². The molecule has 0 aliphatic heterocycles. The minimum Gasteiger partial charge on any atom is -0.462 e. The highest BCUT2D eigenvalue weighted by Gasteiger charge is 2.04. The fraction of sp³-hybridized carbons (Fsp3) is 0.176. The third kappa shape index (κ3) is 4.56. The first-order valence-electron chi connectivity index (χ1n) is 6.88. The van der Waals surface area contributed by atoms with Crippen molar-refractivity contribution in [1.82, 2.24) is 5.32 Å². The zero-order chi connectivity index (χ0) is 16.1. The van der Waals surface area contributed by atoms with E-state index in [4.69, 9.17) is 16.6 Å². The summed E-state index contributed by atoms with van der Waals surface area (Å²) in [5, 5.41) is 5.89. The Labute approximate surface area is 135 Å². The van der Waals surface area contributed by atoms with Gasteiger partial charge in [0.25, 0.3) is 0 Å². The highest BCUT2D eigenvalue weighted by Crippen LogP contribution is 2.16. The Kier molecular flexibility index (Phi) is 5.12. The first-order valence-corrected chi connectivity index (χ1v) is 7.28. The second kappa shape index (κ2) is 7.04. The Hall–Kier alpha value is -2.40. The van der Waals surface area contributed by atoms with E-state index in [1.54, 1.807) is 12.1 Å². The molecule has 1 aromatic heterocycles. The maximum absolute atomic E-state index is 11.8. The summed E-state index contributed by atoms with van der Waals surface area (Å²) in [6, 6.07) is 9.64. The predicted octanol–water partition coefficient (Wildman–Crippen LogP) is 3.73. The second-order valence-corrected chi connectivity index (χ2v) is 5.45. The molecule has 0 bridgehead atoms. The van der Waals surface area contributed by atoms with Gasteiger partial charge in [-0.25, -0.2) is 0 Å². The van der Waals surface area contributed by atoms with Gasteiger partial charge in [-0.15, -0.1) is 0 Å². The van der Waals surface area contributed by atoms with Crippen molar-refractivity contribution in [3.05, 3.63) is 59.1 Å². The Morgan fingerprint density at radius 3 is 2.64 bits per heavy atom. The number of rotatable bonds is 3. The molecule has 0 radical (unpaired) electrons. The number of hydrogen-bond donors (Lipinski definition) is 2. The standard InChI is InChI=1S/C17H18N2O2S/c1-11-4-5-12(2)15(10-11)18-17(22)19-16(20)9-8-14-7-6-13(3)21-14/h4-10H,1-3H3,(H2,18,19,20,22)/b9-8+. The molecule has 2 aromatic rings. The lowest BCUT2D eigenvalue weighted by Crippen LogP contribution is -2.33. The number of thiocarbonyl (C=S) groups is 1. The van der Waals surface area contributed by atoms with Crippen molar-refractivity contribution in [3.63, 3.8) is 0 Å². The van der Waals surface area contributed by atoms with Crippen molar-refractivity contribution in [1.29, 1.82) is 0 Å². The Morgan fingerprint density at radius 1 is 1.18 bits per heavy atom. The smallest absolute Gasteiger partial charge is 0.250 e. The number of hydrogen-bond acceptors (Lipinski definition) is 3. The van der Waals surface area contributed by atoms with Gasteiger partial charge < -0.3 is 9.73 Å². The Bertz CT molecular complexity index is 732. The van der Waals surface area contributed by atoms with Gasteiger partial charge in [-0.1, -0.05) is 12.1 Å². The third-order valence-corrected chi connectivity index (χ3v) is 3.24. The van der Waals surface area contributed by atoms with Crippen LogP contribution in [-0.4, -0.2) is 11.0 Å². The predicted molar refractivity (Wildman–Crippen MR) is 92.8 cm³/mol. The molecule has 1 heterocycles. The highest BCUT2D eigenvalue weighted by molar-refractivity contribution is 7.80. The first kappa shape index (κ1) is 16.0. The molecule has 0 spiro atoms. The van der Waals surface area contributed by atoms with Crippen LogP contribution in [0.3, 0.4) is 0 Å². The quantitative estimate of drug-likeness (QED) is 0.669. The molecular formula is C17H18N2O2S. The molecule has 0 fully saturated rings. The summed E-state index contributed by atoms with van der Waals surface area (Å²) < 4.78 is 5.35. The minimum atomic E-state index is -0.308. The number of carbonyl (C=O) groups excluding carboxylic acids is 1. The van der Waals surface area contributed by atoms with Gasteiger partial charge in [-0.2, -0.15) is 0 Å². The van der Waals surface area contributed by atoms with E-state index in [2.05, 4.69) is 10.6 Å². The van der Waals surface area contributed by atoms with Crippen molar-refractivity contribution in [2.75, 3.05) is 5.32 Å². The molecule has 0 saturated carbocycles. The van der Waals surface area contributed by atoms with Crippen molar-refractivity contribution < 1.29 is 9.21 Å². The summed E-state index contributed by atoms with van der Waals surface area (Å²) in [6.45, 7) is 5.83. The molecule has 22 heavy (non-hydrogen) atoms. The first-order chi connectivity index (χ1) is 10.4. The van der Waals surface area contributed by atoms with E-state index in [0.29, 0.717) is 5.76 Å². The Morgan fingerprint density at radius 2 is 1.95 bits per heavy atom. The number of furan rings is 1. The van der Waals surface area contributed by atoms with Gasteiger partial charge in [0.2, 0.25) is 5.91 Å². The van der Waals surface area contributed by atoms with Crippen molar-refractivity contribution >= 4 is 35.0 Å². The number of aryl methyl sites for hydroxylation is 3. The van der Waals surface area contributed by atoms with Gasteiger partial charge in [-0.3, -0.25) is 10.1 Å². The molecule has 5 heteroatoms. The molecule has 1 amide bonds. The maximum atomic E-state index is 11.8. The summed E-state index contributed by atoms with van der Waals surface area (Å²) >= 11 is 5.15. The number of amides is 1. The third-order valence-electron chi connectivity index (χ3n) is 3.04. The van der Waals surface area contributed by atoms with Crippen molar-refractivity contribution in [2.45, 2.75) is 20.8 Å². The molecular weight excluding hydrogens is 296 g/mol. The summed E-state index contributed by atoms with van der Waals surface area (Å²) in [7, 11) is 0. The topological polar surface area (TPSA) is 54.3 Å². The lowest BCUT2D eigenvalue weighted by molar-refractivity contribution is -0.115. The van der Waals surface area contributed by atoms with E-state index >= 15 is 0 Å². The zero-order valence-electron chi connectivity index (χ0n) is 12.8.